The van der Waals surface area contributed by atoms with E-state index in [4.69, 9.17) is 16.3 Å². The Hall–Kier alpha value is -3.46. The van der Waals surface area contributed by atoms with Crippen LogP contribution in [0.5, 0.6) is 5.88 Å². The number of rotatable bonds is 8. The summed E-state index contributed by atoms with van der Waals surface area (Å²) in [4.78, 5) is 40.3. The number of ether oxygens (including phenoxy) is 1. The van der Waals surface area contributed by atoms with Crippen LogP contribution in [0.3, 0.4) is 0 Å². The lowest BCUT2D eigenvalue weighted by molar-refractivity contribution is 0.0713. The molecule has 0 bridgehead atoms. The molecule has 3 aromatic rings. The van der Waals surface area contributed by atoms with Gasteiger partial charge in [0.15, 0.2) is 12.4 Å². The van der Waals surface area contributed by atoms with Gasteiger partial charge in [0.2, 0.25) is 5.88 Å². The average molecular weight is 487 g/mol. The summed E-state index contributed by atoms with van der Waals surface area (Å²) in [6, 6.07) is 6.15. The maximum absolute atomic E-state index is 13.2. The molecular weight excluding hydrogens is 466 g/mol. The number of amides is 1. The van der Waals surface area contributed by atoms with Gasteiger partial charge in [0.25, 0.3) is 12.3 Å². The van der Waals surface area contributed by atoms with Crippen molar-refractivity contribution in [1.29, 1.82) is 0 Å². The molecule has 4 rings (SSSR count). The van der Waals surface area contributed by atoms with Crippen molar-refractivity contribution in [1.82, 2.24) is 19.9 Å². The SMILES string of the molecule is CC(C(=O)c1cccnc1)c1nccc2c1CN(C(C)c1cnc(OCC(F)F)c(Cl)c1)C2=O. The van der Waals surface area contributed by atoms with E-state index >= 15 is 0 Å². The van der Waals surface area contributed by atoms with E-state index in [2.05, 4.69) is 15.0 Å². The summed E-state index contributed by atoms with van der Waals surface area (Å²) in [5.41, 5.74) is 2.81. The minimum Gasteiger partial charge on any atom is -0.471 e. The molecule has 0 aromatic carbocycles. The molecule has 0 spiro atoms. The summed E-state index contributed by atoms with van der Waals surface area (Å²) < 4.78 is 29.7. The number of halogens is 3. The Morgan fingerprint density at radius 2 is 2.00 bits per heavy atom. The van der Waals surface area contributed by atoms with Crippen molar-refractivity contribution in [2.75, 3.05) is 6.61 Å². The van der Waals surface area contributed by atoms with Crippen LogP contribution in [0.2, 0.25) is 5.02 Å². The molecule has 34 heavy (non-hydrogen) atoms. The van der Waals surface area contributed by atoms with Gasteiger partial charge in [0, 0.05) is 48.0 Å². The highest BCUT2D eigenvalue weighted by Gasteiger charge is 2.36. The number of carbonyl (C=O) groups excluding carboxylic acids is 2. The molecule has 1 aliphatic rings. The van der Waals surface area contributed by atoms with Gasteiger partial charge >= 0.3 is 0 Å². The van der Waals surface area contributed by atoms with Crippen LogP contribution in [0.4, 0.5) is 8.78 Å². The Labute approximate surface area is 199 Å². The molecule has 1 aliphatic heterocycles. The molecule has 4 heterocycles. The molecule has 0 fully saturated rings. The maximum Gasteiger partial charge on any atom is 0.272 e. The Bertz CT molecular complexity index is 1230. The van der Waals surface area contributed by atoms with E-state index < -0.39 is 25.0 Å². The van der Waals surface area contributed by atoms with Gasteiger partial charge in [-0.25, -0.2) is 13.8 Å². The molecule has 0 N–H and O–H groups in total. The number of Topliss-reactive ketones (excluding diaryl/α,β-unsaturated/α-hetero) is 1. The van der Waals surface area contributed by atoms with Crippen molar-refractivity contribution in [2.45, 2.75) is 38.8 Å². The summed E-state index contributed by atoms with van der Waals surface area (Å²) in [6.45, 7) is 3.02. The normalized spacial score (nSPS) is 14.8. The van der Waals surface area contributed by atoms with Crippen molar-refractivity contribution in [3.05, 3.63) is 82.0 Å². The zero-order chi connectivity index (χ0) is 24.4. The highest BCUT2D eigenvalue weighted by Crippen LogP contribution is 2.36. The first-order chi connectivity index (χ1) is 16.3. The molecule has 176 valence electrons. The molecular formula is C24H21ClF2N4O3. The first kappa shape index (κ1) is 23.7. The van der Waals surface area contributed by atoms with Crippen LogP contribution >= 0.6 is 11.6 Å². The fourth-order valence-electron chi connectivity index (χ4n) is 3.94. The van der Waals surface area contributed by atoms with Crippen LogP contribution in [-0.4, -0.2) is 44.6 Å². The third-order valence-electron chi connectivity index (χ3n) is 5.78. The lowest BCUT2D eigenvalue weighted by atomic mass is 9.93. The number of pyridine rings is 3. The van der Waals surface area contributed by atoms with Gasteiger partial charge in [0.05, 0.1) is 17.7 Å². The number of hydrogen-bond donors (Lipinski definition) is 0. The highest BCUT2D eigenvalue weighted by molar-refractivity contribution is 6.31. The van der Waals surface area contributed by atoms with E-state index in [0.717, 1.165) is 0 Å². The summed E-state index contributed by atoms with van der Waals surface area (Å²) >= 11 is 6.16. The van der Waals surface area contributed by atoms with E-state index in [9.17, 15) is 18.4 Å². The van der Waals surface area contributed by atoms with Crippen LogP contribution < -0.4 is 4.74 Å². The second kappa shape index (κ2) is 9.80. The summed E-state index contributed by atoms with van der Waals surface area (Å²) in [6.07, 6.45) is 3.43. The van der Waals surface area contributed by atoms with Gasteiger partial charge in [-0.1, -0.05) is 11.6 Å². The van der Waals surface area contributed by atoms with Crippen molar-refractivity contribution < 1.29 is 23.1 Å². The van der Waals surface area contributed by atoms with E-state index in [0.29, 0.717) is 27.9 Å². The number of alkyl halides is 2. The van der Waals surface area contributed by atoms with Crippen molar-refractivity contribution in [3.8, 4) is 5.88 Å². The lowest BCUT2D eigenvalue weighted by Crippen LogP contribution is -2.27. The number of hydrogen-bond acceptors (Lipinski definition) is 6. The van der Waals surface area contributed by atoms with Crippen molar-refractivity contribution in [2.24, 2.45) is 0 Å². The molecule has 1 amide bonds. The Kier molecular flexibility index (Phi) is 6.83. The molecule has 2 unspecified atom stereocenters. The molecule has 10 heteroatoms. The van der Waals surface area contributed by atoms with Crippen LogP contribution in [0, 0.1) is 0 Å². The van der Waals surface area contributed by atoms with Gasteiger partial charge in [-0.3, -0.25) is 19.6 Å². The van der Waals surface area contributed by atoms with E-state index in [1.807, 2.05) is 6.92 Å². The third kappa shape index (κ3) is 4.61. The number of carbonyl (C=O) groups is 2. The second-order valence-electron chi connectivity index (χ2n) is 7.92. The van der Waals surface area contributed by atoms with Gasteiger partial charge in [-0.15, -0.1) is 0 Å². The predicted molar refractivity (Wildman–Crippen MR) is 120 cm³/mol. The number of nitrogens with zero attached hydrogens (tertiary/aromatic N) is 4. The van der Waals surface area contributed by atoms with Crippen LogP contribution in [0.15, 0.2) is 49.1 Å². The summed E-state index contributed by atoms with van der Waals surface area (Å²) in [7, 11) is 0. The van der Waals surface area contributed by atoms with Crippen LogP contribution in [0.1, 0.15) is 63.3 Å². The summed E-state index contributed by atoms with van der Waals surface area (Å²) in [5.74, 6) is -1.00. The Morgan fingerprint density at radius 1 is 1.21 bits per heavy atom. The topological polar surface area (TPSA) is 85.3 Å². The molecule has 0 saturated heterocycles. The second-order valence-corrected chi connectivity index (χ2v) is 8.32. The van der Waals surface area contributed by atoms with E-state index in [1.165, 1.54) is 18.6 Å². The zero-order valence-electron chi connectivity index (χ0n) is 18.4. The molecule has 3 aromatic heterocycles. The highest BCUT2D eigenvalue weighted by atomic mass is 35.5. The van der Waals surface area contributed by atoms with Crippen molar-refractivity contribution >= 4 is 23.3 Å². The number of aromatic nitrogens is 3. The molecule has 0 aliphatic carbocycles. The average Bonchev–Trinajstić information content (AvgIpc) is 3.18. The fourth-order valence-corrected chi connectivity index (χ4v) is 4.17. The minimum atomic E-state index is -2.65. The predicted octanol–water partition coefficient (Wildman–Crippen LogP) is 4.87. The minimum absolute atomic E-state index is 0.0761. The zero-order valence-corrected chi connectivity index (χ0v) is 19.2. The maximum atomic E-state index is 13.2. The Morgan fingerprint density at radius 3 is 2.68 bits per heavy atom. The van der Waals surface area contributed by atoms with Crippen LogP contribution in [0.25, 0.3) is 0 Å². The van der Waals surface area contributed by atoms with E-state index in [1.54, 1.807) is 42.3 Å². The first-order valence-corrected chi connectivity index (χ1v) is 10.9. The first-order valence-electron chi connectivity index (χ1n) is 10.6. The third-order valence-corrected chi connectivity index (χ3v) is 6.05. The smallest absolute Gasteiger partial charge is 0.272 e. The quantitative estimate of drug-likeness (QED) is 0.422. The van der Waals surface area contributed by atoms with Gasteiger partial charge in [-0.05, 0) is 43.7 Å². The fraction of sp³-hybridized carbons (Fsp3) is 0.292. The molecule has 0 saturated carbocycles. The van der Waals surface area contributed by atoms with Crippen LogP contribution in [-0.2, 0) is 6.54 Å². The number of fused-ring (bicyclic) bond motifs is 1. The number of ketones is 1. The lowest BCUT2D eigenvalue weighted by Gasteiger charge is -2.25. The summed E-state index contributed by atoms with van der Waals surface area (Å²) in [5, 5.41) is 0.0761. The van der Waals surface area contributed by atoms with Gasteiger partial charge in [-0.2, -0.15) is 0 Å². The molecule has 7 nitrogen and oxygen atoms in total. The van der Waals surface area contributed by atoms with Gasteiger partial charge < -0.3 is 9.64 Å². The monoisotopic (exact) mass is 486 g/mol. The standard InChI is InChI=1S/C24H21ClF2N4O3/c1-13(22(32)15-4-3-6-28-9-15)21-18-11-31(24(33)17(18)5-7-29-21)14(2)16-8-19(25)23(30-10-16)34-12-20(26)27/h3-10,13-14,20H,11-12H2,1-2H3. The Balaban J connectivity index is 1.57. The molecule has 2 atom stereocenters. The van der Waals surface area contributed by atoms with E-state index in [-0.39, 0.29) is 29.1 Å². The van der Waals surface area contributed by atoms with Gasteiger partial charge in [0.1, 0.15) is 5.02 Å². The molecule has 0 radical (unpaired) electrons. The largest absolute Gasteiger partial charge is 0.471 e. The van der Waals surface area contributed by atoms with Crippen molar-refractivity contribution in [3.63, 3.8) is 0 Å².